The summed E-state index contributed by atoms with van der Waals surface area (Å²) in [6.45, 7) is 7.31. The van der Waals surface area contributed by atoms with Crippen LogP contribution in [0.4, 0.5) is 0 Å². The van der Waals surface area contributed by atoms with Crippen LogP contribution in [0, 0.1) is 11.3 Å². The molecule has 1 aromatic carbocycles. The molecule has 1 aromatic rings. The Labute approximate surface area is 130 Å². The summed E-state index contributed by atoms with van der Waals surface area (Å²) >= 11 is 0. The van der Waals surface area contributed by atoms with Gasteiger partial charge in [0.1, 0.15) is 0 Å². The van der Waals surface area contributed by atoms with Crippen LogP contribution in [0.5, 0.6) is 0 Å². The molecule has 0 aliphatic heterocycles. The van der Waals surface area contributed by atoms with Crippen molar-refractivity contribution >= 4 is 0 Å². The standard InChI is InChI=1S/C20H31N/c1-15-7-6-9-17(12-11-15)21-19-18-10-5-4-8-16(18)13-14-20(19,2)3/h4-5,8,10,15,17,19,21H,6-7,9,11-14H2,1-3H3. The van der Waals surface area contributed by atoms with Crippen LogP contribution in [0.3, 0.4) is 0 Å². The van der Waals surface area contributed by atoms with E-state index in [1.54, 1.807) is 11.1 Å². The number of rotatable bonds is 2. The molecule has 1 nitrogen and oxygen atoms in total. The molecule has 1 fully saturated rings. The van der Waals surface area contributed by atoms with Crippen LogP contribution in [-0.2, 0) is 6.42 Å². The zero-order valence-electron chi connectivity index (χ0n) is 14.0. The summed E-state index contributed by atoms with van der Waals surface area (Å²) in [5.41, 5.74) is 3.49. The molecule has 1 N–H and O–H groups in total. The van der Waals surface area contributed by atoms with Gasteiger partial charge >= 0.3 is 0 Å². The van der Waals surface area contributed by atoms with E-state index in [9.17, 15) is 0 Å². The smallest absolute Gasteiger partial charge is 0.0376 e. The first-order chi connectivity index (χ1) is 10.1. The molecule has 2 aliphatic carbocycles. The van der Waals surface area contributed by atoms with E-state index in [1.165, 1.54) is 44.9 Å². The molecule has 0 aromatic heterocycles. The summed E-state index contributed by atoms with van der Waals surface area (Å²) in [5, 5.41) is 4.06. The van der Waals surface area contributed by atoms with Gasteiger partial charge in [0.25, 0.3) is 0 Å². The van der Waals surface area contributed by atoms with Crippen molar-refractivity contribution < 1.29 is 0 Å². The molecular weight excluding hydrogens is 254 g/mol. The largest absolute Gasteiger partial charge is 0.307 e. The van der Waals surface area contributed by atoms with Crippen LogP contribution in [0.15, 0.2) is 24.3 Å². The SMILES string of the molecule is CC1CCCC(NC2c3ccccc3CCC2(C)C)CC1. The van der Waals surface area contributed by atoms with E-state index >= 15 is 0 Å². The number of fused-ring (bicyclic) bond motifs is 1. The molecule has 0 heterocycles. The van der Waals surface area contributed by atoms with Crippen molar-refractivity contribution in [1.29, 1.82) is 0 Å². The third kappa shape index (κ3) is 3.34. The summed E-state index contributed by atoms with van der Waals surface area (Å²) in [7, 11) is 0. The first-order valence-electron chi connectivity index (χ1n) is 8.90. The maximum absolute atomic E-state index is 4.06. The number of nitrogens with one attached hydrogen (secondary N) is 1. The van der Waals surface area contributed by atoms with Crippen molar-refractivity contribution in [3.8, 4) is 0 Å². The highest BCUT2D eigenvalue weighted by Gasteiger charge is 2.36. The summed E-state index contributed by atoms with van der Waals surface area (Å²) in [5.74, 6) is 0.920. The quantitative estimate of drug-likeness (QED) is 0.731. The minimum atomic E-state index is 0.367. The first-order valence-corrected chi connectivity index (χ1v) is 8.90. The molecule has 0 bridgehead atoms. The van der Waals surface area contributed by atoms with Crippen molar-refractivity contribution in [1.82, 2.24) is 5.32 Å². The number of aryl methyl sites for hydroxylation is 1. The fourth-order valence-corrected chi connectivity index (χ4v) is 4.27. The van der Waals surface area contributed by atoms with Crippen LogP contribution in [-0.4, -0.2) is 6.04 Å². The van der Waals surface area contributed by atoms with Crippen LogP contribution in [0.2, 0.25) is 0 Å². The summed E-state index contributed by atoms with van der Waals surface area (Å²) in [4.78, 5) is 0. The van der Waals surface area contributed by atoms with Gasteiger partial charge in [0.15, 0.2) is 0 Å². The Morgan fingerprint density at radius 1 is 1.05 bits per heavy atom. The van der Waals surface area contributed by atoms with E-state index in [4.69, 9.17) is 0 Å². The Kier molecular flexibility index (Phi) is 4.40. The molecule has 116 valence electrons. The second kappa shape index (κ2) is 6.12. The summed E-state index contributed by atoms with van der Waals surface area (Å²) < 4.78 is 0. The Morgan fingerprint density at radius 2 is 1.86 bits per heavy atom. The van der Waals surface area contributed by atoms with Crippen molar-refractivity contribution in [2.24, 2.45) is 11.3 Å². The van der Waals surface area contributed by atoms with Crippen LogP contribution < -0.4 is 5.32 Å². The van der Waals surface area contributed by atoms with Crippen molar-refractivity contribution in [2.75, 3.05) is 0 Å². The van der Waals surface area contributed by atoms with E-state index in [1.807, 2.05) is 0 Å². The van der Waals surface area contributed by atoms with Gasteiger partial charge in [-0.1, -0.05) is 57.9 Å². The monoisotopic (exact) mass is 285 g/mol. The normalized spacial score (nSPS) is 32.2. The molecule has 3 unspecified atom stereocenters. The maximum Gasteiger partial charge on any atom is 0.0376 e. The summed E-state index contributed by atoms with van der Waals surface area (Å²) in [6.07, 6.45) is 9.46. The fourth-order valence-electron chi connectivity index (χ4n) is 4.27. The molecule has 0 radical (unpaired) electrons. The van der Waals surface area contributed by atoms with Gasteiger partial charge in [0.2, 0.25) is 0 Å². The highest BCUT2D eigenvalue weighted by atomic mass is 15.0. The number of hydrogen-bond donors (Lipinski definition) is 1. The van der Waals surface area contributed by atoms with Gasteiger partial charge in [-0.25, -0.2) is 0 Å². The molecule has 1 saturated carbocycles. The lowest BCUT2D eigenvalue weighted by Crippen LogP contribution is -2.43. The second-order valence-electron chi connectivity index (χ2n) is 8.10. The lowest BCUT2D eigenvalue weighted by molar-refractivity contribution is 0.188. The zero-order chi connectivity index (χ0) is 14.9. The van der Waals surface area contributed by atoms with Gasteiger partial charge in [0, 0.05) is 12.1 Å². The predicted molar refractivity (Wildman–Crippen MR) is 90.5 cm³/mol. The topological polar surface area (TPSA) is 12.0 Å². The molecule has 0 saturated heterocycles. The first kappa shape index (κ1) is 15.1. The fraction of sp³-hybridized carbons (Fsp3) is 0.700. The van der Waals surface area contributed by atoms with Crippen LogP contribution in [0.1, 0.15) is 76.5 Å². The maximum atomic E-state index is 4.06. The lowest BCUT2D eigenvalue weighted by atomic mass is 9.70. The Morgan fingerprint density at radius 3 is 2.71 bits per heavy atom. The molecule has 3 rings (SSSR count). The van der Waals surface area contributed by atoms with Crippen LogP contribution >= 0.6 is 0 Å². The second-order valence-corrected chi connectivity index (χ2v) is 8.10. The van der Waals surface area contributed by atoms with Crippen molar-refractivity contribution in [2.45, 2.75) is 77.8 Å². The van der Waals surface area contributed by atoms with E-state index in [0.29, 0.717) is 17.5 Å². The Balaban J connectivity index is 1.79. The summed E-state index contributed by atoms with van der Waals surface area (Å²) in [6, 6.07) is 10.3. The molecule has 1 heteroatoms. The molecule has 0 spiro atoms. The average Bonchev–Trinajstić information content (AvgIpc) is 2.67. The van der Waals surface area contributed by atoms with Gasteiger partial charge in [-0.05, 0) is 54.6 Å². The van der Waals surface area contributed by atoms with E-state index in [2.05, 4.69) is 50.4 Å². The third-order valence-electron chi connectivity index (χ3n) is 5.85. The van der Waals surface area contributed by atoms with Crippen molar-refractivity contribution in [3.05, 3.63) is 35.4 Å². The predicted octanol–water partition coefficient (Wildman–Crippen LogP) is 5.26. The molecule has 21 heavy (non-hydrogen) atoms. The van der Waals surface area contributed by atoms with Gasteiger partial charge in [-0.15, -0.1) is 0 Å². The number of hydrogen-bond acceptors (Lipinski definition) is 1. The van der Waals surface area contributed by atoms with Gasteiger partial charge in [0.05, 0.1) is 0 Å². The molecule has 2 aliphatic rings. The lowest BCUT2D eigenvalue weighted by Gasteiger charge is -2.42. The van der Waals surface area contributed by atoms with E-state index in [0.717, 1.165) is 5.92 Å². The Bertz CT molecular complexity index is 476. The Hall–Kier alpha value is -0.820. The molecular formula is C20H31N. The third-order valence-corrected chi connectivity index (χ3v) is 5.85. The highest BCUT2D eigenvalue weighted by Crippen LogP contribution is 2.44. The minimum Gasteiger partial charge on any atom is -0.307 e. The highest BCUT2D eigenvalue weighted by molar-refractivity contribution is 5.34. The molecule has 3 atom stereocenters. The van der Waals surface area contributed by atoms with Crippen molar-refractivity contribution in [3.63, 3.8) is 0 Å². The van der Waals surface area contributed by atoms with E-state index < -0.39 is 0 Å². The molecule has 0 amide bonds. The average molecular weight is 285 g/mol. The van der Waals surface area contributed by atoms with E-state index in [-0.39, 0.29) is 0 Å². The number of benzene rings is 1. The zero-order valence-corrected chi connectivity index (χ0v) is 14.0. The van der Waals surface area contributed by atoms with Gasteiger partial charge in [-0.2, -0.15) is 0 Å². The van der Waals surface area contributed by atoms with Crippen LogP contribution in [0.25, 0.3) is 0 Å². The van der Waals surface area contributed by atoms with Gasteiger partial charge in [-0.3, -0.25) is 0 Å². The minimum absolute atomic E-state index is 0.367. The van der Waals surface area contributed by atoms with Gasteiger partial charge < -0.3 is 5.32 Å².